The minimum Gasteiger partial charge on any atom is -0.397 e. The second-order valence-electron chi connectivity index (χ2n) is 4.75. The molecule has 0 unspecified atom stereocenters. The standard InChI is InChI=1S/C14H8Cl2F6N2/c15-11-9(23)1-2-10(12(11)16)24-8-4-6(13(17,18)19)3-7(5-8)14(20,21)22/h1-5,24H,23H2. The number of anilines is 3. The van der Waals surface area contributed by atoms with Gasteiger partial charge in [0.25, 0.3) is 0 Å². The molecule has 130 valence electrons. The summed E-state index contributed by atoms with van der Waals surface area (Å²) < 4.78 is 76.9. The Morgan fingerprint density at radius 3 is 1.75 bits per heavy atom. The van der Waals surface area contributed by atoms with Gasteiger partial charge in [-0.05, 0) is 30.3 Å². The number of halogens is 8. The summed E-state index contributed by atoms with van der Waals surface area (Å²) in [6.07, 6.45) is -9.89. The van der Waals surface area contributed by atoms with Crippen LogP contribution in [0.25, 0.3) is 0 Å². The zero-order chi connectivity index (χ0) is 18.3. The van der Waals surface area contributed by atoms with E-state index in [1.807, 2.05) is 0 Å². The Hall–Kier alpha value is -1.80. The molecule has 2 rings (SSSR count). The van der Waals surface area contributed by atoms with Crippen molar-refractivity contribution in [3.8, 4) is 0 Å². The Morgan fingerprint density at radius 2 is 1.29 bits per heavy atom. The Labute approximate surface area is 142 Å². The van der Waals surface area contributed by atoms with Crippen molar-refractivity contribution in [2.75, 3.05) is 11.1 Å². The Balaban J connectivity index is 2.53. The number of alkyl halides is 6. The van der Waals surface area contributed by atoms with E-state index >= 15 is 0 Å². The van der Waals surface area contributed by atoms with E-state index in [2.05, 4.69) is 5.32 Å². The molecular formula is C14H8Cl2F6N2. The number of rotatable bonds is 2. The third-order valence-corrected chi connectivity index (χ3v) is 3.88. The summed E-state index contributed by atoms with van der Waals surface area (Å²) in [5, 5.41) is 2.21. The molecule has 0 saturated carbocycles. The molecule has 0 bridgehead atoms. The first kappa shape index (κ1) is 18.5. The van der Waals surface area contributed by atoms with Gasteiger partial charge in [0.1, 0.15) is 0 Å². The molecule has 10 heteroatoms. The van der Waals surface area contributed by atoms with Crippen molar-refractivity contribution in [1.82, 2.24) is 0 Å². The molecule has 0 amide bonds. The smallest absolute Gasteiger partial charge is 0.397 e. The summed E-state index contributed by atoms with van der Waals surface area (Å²) in [5.41, 5.74) is 2.30. The lowest BCUT2D eigenvalue weighted by Crippen LogP contribution is -2.11. The fourth-order valence-corrected chi connectivity index (χ4v) is 2.23. The molecule has 0 aliphatic carbocycles. The third kappa shape index (κ3) is 3.99. The van der Waals surface area contributed by atoms with Crippen LogP contribution in [0.1, 0.15) is 11.1 Å². The maximum absolute atomic E-state index is 12.8. The monoisotopic (exact) mass is 388 g/mol. The van der Waals surface area contributed by atoms with Gasteiger partial charge in [0.05, 0.1) is 32.5 Å². The highest BCUT2D eigenvalue weighted by molar-refractivity contribution is 6.45. The minimum absolute atomic E-state index is 0.0170. The van der Waals surface area contributed by atoms with Crippen molar-refractivity contribution >= 4 is 40.3 Å². The van der Waals surface area contributed by atoms with Gasteiger partial charge >= 0.3 is 12.4 Å². The Kier molecular flexibility index (Phi) is 4.83. The van der Waals surface area contributed by atoms with Crippen molar-refractivity contribution in [2.24, 2.45) is 0 Å². The van der Waals surface area contributed by atoms with E-state index in [4.69, 9.17) is 28.9 Å². The topological polar surface area (TPSA) is 38.0 Å². The van der Waals surface area contributed by atoms with Gasteiger partial charge in [0.15, 0.2) is 0 Å². The summed E-state index contributed by atoms with van der Waals surface area (Å²) in [7, 11) is 0. The van der Waals surface area contributed by atoms with Crippen LogP contribution in [0.2, 0.25) is 10.0 Å². The van der Waals surface area contributed by atoms with Crippen LogP contribution in [0.4, 0.5) is 43.4 Å². The molecule has 2 aromatic rings. The SMILES string of the molecule is Nc1ccc(Nc2cc(C(F)(F)F)cc(C(F)(F)F)c2)c(Cl)c1Cl. The number of nitrogens with one attached hydrogen (secondary N) is 1. The molecule has 0 aromatic heterocycles. The molecule has 0 atom stereocenters. The largest absolute Gasteiger partial charge is 0.416 e. The minimum atomic E-state index is -4.94. The summed E-state index contributed by atoms with van der Waals surface area (Å²) in [5.74, 6) is 0. The second-order valence-corrected chi connectivity index (χ2v) is 5.51. The molecule has 2 nitrogen and oxygen atoms in total. The predicted octanol–water partition coefficient (Wildman–Crippen LogP) is 6.36. The number of hydrogen-bond donors (Lipinski definition) is 2. The van der Waals surface area contributed by atoms with E-state index in [-0.39, 0.29) is 27.5 Å². The highest BCUT2D eigenvalue weighted by atomic mass is 35.5. The summed E-state index contributed by atoms with van der Waals surface area (Å²) in [6, 6.07) is 3.71. The fourth-order valence-electron chi connectivity index (χ4n) is 1.84. The van der Waals surface area contributed by atoms with E-state index in [1.54, 1.807) is 0 Å². The average Bonchev–Trinajstić information content (AvgIpc) is 2.46. The molecule has 3 N–H and O–H groups in total. The summed E-state index contributed by atoms with van der Waals surface area (Å²) in [6.45, 7) is 0. The van der Waals surface area contributed by atoms with Crippen LogP contribution in [-0.4, -0.2) is 0 Å². The van der Waals surface area contributed by atoms with Gasteiger partial charge in [-0.25, -0.2) is 0 Å². The molecule has 0 fully saturated rings. The normalized spacial score (nSPS) is 12.3. The van der Waals surface area contributed by atoms with Crippen LogP contribution < -0.4 is 11.1 Å². The molecular weight excluding hydrogens is 381 g/mol. The molecule has 0 spiro atoms. The van der Waals surface area contributed by atoms with Gasteiger partial charge in [-0.15, -0.1) is 0 Å². The average molecular weight is 389 g/mol. The number of hydrogen-bond acceptors (Lipinski definition) is 2. The highest BCUT2D eigenvalue weighted by Crippen LogP contribution is 2.40. The molecule has 0 aliphatic rings. The van der Waals surface area contributed by atoms with Crippen LogP contribution in [0.15, 0.2) is 30.3 Å². The number of benzene rings is 2. The van der Waals surface area contributed by atoms with Gasteiger partial charge in [-0.3, -0.25) is 0 Å². The molecule has 0 saturated heterocycles. The van der Waals surface area contributed by atoms with Crippen molar-refractivity contribution in [3.05, 3.63) is 51.5 Å². The third-order valence-electron chi connectivity index (χ3n) is 2.98. The van der Waals surface area contributed by atoms with Crippen LogP contribution in [0.5, 0.6) is 0 Å². The lowest BCUT2D eigenvalue weighted by atomic mass is 10.1. The maximum atomic E-state index is 12.8. The van der Waals surface area contributed by atoms with Crippen LogP contribution in [-0.2, 0) is 12.4 Å². The predicted molar refractivity (Wildman–Crippen MR) is 80.6 cm³/mol. The van der Waals surface area contributed by atoms with Crippen LogP contribution >= 0.6 is 23.2 Å². The summed E-state index contributed by atoms with van der Waals surface area (Å²) in [4.78, 5) is 0. The highest BCUT2D eigenvalue weighted by Gasteiger charge is 2.37. The number of nitrogen functional groups attached to an aromatic ring is 1. The number of nitrogens with two attached hydrogens (primary N) is 1. The van der Waals surface area contributed by atoms with Gasteiger partial charge < -0.3 is 11.1 Å². The molecule has 0 radical (unpaired) electrons. The van der Waals surface area contributed by atoms with Gasteiger partial charge in [-0.1, -0.05) is 23.2 Å². The van der Waals surface area contributed by atoms with Gasteiger partial charge in [0, 0.05) is 5.69 Å². The van der Waals surface area contributed by atoms with E-state index in [0.29, 0.717) is 12.1 Å². The van der Waals surface area contributed by atoms with Crippen molar-refractivity contribution in [2.45, 2.75) is 12.4 Å². The Bertz CT molecular complexity index is 739. The molecule has 2 aromatic carbocycles. The van der Waals surface area contributed by atoms with Crippen molar-refractivity contribution in [3.63, 3.8) is 0 Å². The van der Waals surface area contributed by atoms with E-state index in [0.717, 1.165) is 0 Å². The zero-order valence-electron chi connectivity index (χ0n) is 11.5. The fraction of sp³-hybridized carbons (Fsp3) is 0.143. The lowest BCUT2D eigenvalue weighted by Gasteiger charge is -2.16. The first-order chi connectivity index (χ1) is 10.9. The van der Waals surface area contributed by atoms with E-state index in [9.17, 15) is 26.3 Å². The first-order valence-electron chi connectivity index (χ1n) is 6.19. The van der Waals surface area contributed by atoms with Gasteiger partial charge in [-0.2, -0.15) is 26.3 Å². The molecule has 0 aliphatic heterocycles. The zero-order valence-corrected chi connectivity index (χ0v) is 13.0. The van der Waals surface area contributed by atoms with Crippen molar-refractivity contribution < 1.29 is 26.3 Å². The summed E-state index contributed by atoms with van der Waals surface area (Å²) >= 11 is 11.7. The first-order valence-corrected chi connectivity index (χ1v) is 6.95. The molecule has 24 heavy (non-hydrogen) atoms. The lowest BCUT2D eigenvalue weighted by molar-refractivity contribution is -0.143. The maximum Gasteiger partial charge on any atom is 0.416 e. The van der Waals surface area contributed by atoms with E-state index in [1.165, 1.54) is 12.1 Å². The van der Waals surface area contributed by atoms with Gasteiger partial charge in [0.2, 0.25) is 0 Å². The van der Waals surface area contributed by atoms with E-state index < -0.39 is 29.2 Å². The second kappa shape index (κ2) is 6.25. The van der Waals surface area contributed by atoms with Crippen LogP contribution in [0.3, 0.4) is 0 Å². The van der Waals surface area contributed by atoms with Crippen LogP contribution in [0, 0.1) is 0 Å². The van der Waals surface area contributed by atoms with Crippen molar-refractivity contribution in [1.29, 1.82) is 0 Å². The Morgan fingerprint density at radius 1 is 0.792 bits per heavy atom. The quantitative estimate of drug-likeness (QED) is 0.464. The molecule has 0 heterocycles.